The number of alkyl halides is 3. The zero-order valence-corrected chi connectivity index (χ0v) is 17.8. The summed E-state index contributed by atoms with van der Waals surface area (Å²) in [6.45, 7) is 3.26. The Morgan fingerprint density at radius 2 is 1.78 bits per heavy atom. The second kappa shape index (κ2) is 8.99. The molecular weight excluding hydrogens is 449 g/mol. The standard InChI is InChI=1S/C21H18ClF3N4O3/c1-3-26-18(30)17-19(31)28(11-13-5-7-14(8-6-13)21(23,24)25)20(32)29(27-17)15-9-4-12(2)16(22)10-15/h4-10H,3,11H2,1-2H3,(H,26,30). The van der Waals surface area contributed by atoms with Crippen molar-refractivity contribution in [3.63, 3.8) is 0 Å². The first-order valence-corrected chi connectivity index (χ1v) is 9.85. The first-order valence-electron chi connectivity index (χ1n) is 9.48. The highest BCUT2D eigenvalue weighted by molar-refractivity contribution is 6.31. The van der Waals surface area contributed by atoms with Gasteiger partial charge in [0.1, 0.15) is 0 Å². The SMILES string of the molecule is CCNC(=O)c1nn(-c2ccc(C)c(Cl)c2)c(=O)n(Cc2ccc(C(F)(F)F)cc2)c1=O. The predicted octanol–water partition coefficient (Wildman–Crippen LogP) is 3.17. The number of amides is 1. The van der Waals surface area contributed by atoms with Crippen LogP contribution in [0.25, 0.3) is 5.69 Å². The van der Waals surface area contributed by atoms with E-state index in [-0.39, 0.29) is 24.3 Å². The highest BCUT2D eigenvalue weighted by Gasteiger charge is 2.30. The number of rotatable bonds is 5. The molecule has 0 aliphatic carbocycles. The molecule has 0 atom stereocenters. The van der Waals surface area contributed by atoms with Gasteiger partial charge in [0.2, 0.25) is 5.69 Å². The molecule has 0 aliphatic rings. The van der Waals surface area contributed by atoms with E-state index in [9.17, 15) is 27.6 Å². The second-order valence-corrected chi connectivity index (χ2v) is 7.33. The van der Waals surface area contributed by atoms with Crippen LogP contribution < -0.4 is 16.6 Å². The van der Waals surface area contributed by atoms with E-state index in [1.54, 1.807) is 26.0 Å². The summed E-state index contributed by atoms with van der Waals surface area (Å²) in [5.74, 6) is -0.786. The number of benzene rings is 2. The van der Waals surface area contributed by atoms with Crippen molar-refractivity contribution < 1.29 is 18.0 Å². The molecule has 2 aromatic carbocycles. The smallest absolute Gasteiger partial charge is 0.351 e. The Hall–Kier alpha value is -3.40. The van der Waals surface area contributed by atoms with Crippen LogP contribution in [0.3, 0.4) is 0 Å². The second-order valence-electron chi connectivity index (χ2n) is 6.92. The Bertz CT molecular complexity index is 1280. The van der Waals surface area contributed by atoms with E-state index in [4.69, 9.17) is 11.6 Å². The van der Waals surface area contributed by atoms with Crippen molar-refractivity contribution in [1.82, 2.24) is 19.7 Å². The van der Waals surface area contributed by atoms with E-state index in [1.165, 1.54) is 6.07 Å². The average molecular weight is 467 g/mol. The van der Waals surface area contributed by atoms with Crippen LogP contribution in [0.4, 0.5) is 13.2 Å². The molecule has 0 unspecified atom stereocenters. The van der Waals surface area contributed by atoms with Crippen LogP contribution in [0.2, 0.25) is 5.02 Å². The van der Waals surface area contributed by atoms with E-state index in [2.05, 4.69) is 10.4 Å². The van der Waals surface area contributed by atoms with Gasteiger partial charge in [-0.1, -0.05) is 29.8 Å². The van der Waals surface area contributed by atoms with Crippen LogP contribution >= 0.6 is 11.6 Å². The summed E-state index contributed by atoms with van der Waals surface area (Å²) in [7, 11) is 0. The van der Waals surface area contributed by atoms with Gasteiger partial charge in [-0.3, -0.25) is 14.2 Å². The van der Waals surface area contributed by atoms with Gasteiger partial charge >= 0.3 is 11.9 Å². The molecule has 0 saturated heterocycles. The molecule has 0 aliphatic heterocycles. The summed E-state index contributed by atoms with van der Waals surface area (Å²) in [6, 6.07) is 8.67. The molecule has 11 heteroatoms. The van der Waals surface area contributed by atoms with Crippen molar-refractivity contribution in [2.24, 2.45) is 0 Å². The molecule has 0 spiro atoms. The third kappa shape index (κ3) is 4.75. The van der Waals surface area contributed by atoms with E-state index in [0.29, 0.717) is 5.02 Å². The van der Waals surface area contributed by atoms with Gasteiger partial charge in [0.15, 0.2) is 0 Å². The number of nitrogens with zero attached hydrogens (tertiary/aromatic N) is 3. The van der Waals surface area contributed by atoms with Crippen LogP contribution in [0.5, 0.6) is 0 Å². The molecule has 0 radical (unpaired) electrons. The lowest BCUT2D eigenvalue weighted by Gasteiger charge is -2.13. The van der Waals surface area contributed by atoms with Gasteiger partial charge in [-0.15, -0.1) is 0 Å². The van der Waals surface area contributed by atoms with Crippen LogP contribution in [-0.2, 0) is 12.7 Å². The first-order chi connectivity index (χ1) is 15.0. The summed E-state index contributed by atoms with van der Waals surface area (Å²) >= 11 is 6.14. The van der Waals surface area contributed by atoms with E-state index in [1.807, 2.05) is 0 Å². The number of aromatic nitrogens is 3. The van der Waals surface area contributed by atoms with Gasteiger partial charge in [0.25, 0.3) is 11.5 Å². The number of aryl methyl sites for hydroxylation is 1. The van der Waals surface area contributed by atoms with Crippen LogP contribution in [-0.4, -0.2) is 26.8 Å². The maximum absolute atomic E-state index is 13.1. The Balaban J connectivity index is 2.16. The lowest BCUT2D eigenvalue weighted by molar-refractivity contribution is -0.137. The molecule has 0 bridgehead atoms. The molecule has 1 heterocycles. The van der Waals surface area contributed by atoms with E-state index >= 15 is 0 Å². The highest BCUT2D eigenvalue weighted by Crippen LogP contribution is 2.29. The Kier molecular flexibility index (Phi) is 6.54. The molecule has 1 amide bonds. The predicted molar refractivity (Wildman–Crippen MR) is 112 cm³/mol. The van der Waals surface area contributed by atoms with Gasteiger partial charge in [0, 0.05) is 11.6 Å². The largest absolute Gasteiger partial charge is 0.416 e. The average Bonchev–Trinajstić information content (AvgIpc) is 2.73. The maximum Gasteiger partial charge on any atom is 0.416 e. The molecule has 3 rings (SSSR count). The van der Waals surface area contributed by atoms with Crippen molar-refractivity contribution in [1.29, 1.82) is 0 Å². The van der Waals surface area contributed by atoms with Crippen molar-refractivity contribution in [3.8, 4) is 5.69 Å². The third-order valence-electron chi connectivity index (χ3n) is 4.63. The minimum Gasteiger partial charge on any atom is -0.351 e. The third-order valence-corrected chi connectivity index (χ3v) is 5.04. The van der Waals surface area contributed by atoms with Gasteiger partial charge in [-0.05, 0) is 49.2 Å². The number of carbonyl (C=O) groups is 1. The Morgan fingerprint density at radius 3 is 2.34 bits per heavy atom. The number of halogens is 4. The summed E-state index contributed by atoms with van der Waals surface area (Å²) in [4.78, 5) is 38.3. The Morgan fingerprint density at radius 1 is 1.12 bits per heavy atom. The lowest BCUT2D eigenvalue weighted by atomic mass is 10.1. The summed E-state index contributed by atoms with van der Waals surface area (Å²) < 4.78 is 40.1. The van der Waals surface area contributed by atoms with E-state index in [0.717, 1.165) is 39.1 Å². The molecule has 1 N–H and O–H groups in total. The fourth-order valence-corrected chi connectivity index (χ4v) is 3.08. The van der Waals surface area contributed by atoms with Crippen molar-refractivity contribution in [2.45, 2.75) is 26.6 Å². The first kappa shape index (κ1) is 23.3. The molecule has 7 nitrogen and oxygen atoms in total. The topological polar surface area (TPSA) is 86.0 Å². The van der Waals surface area contributed by atoms with Crippen LogP contribution in [0.1, 0.15) is 34.1 Å². The Labute approximate surface area is 185 Å². The molecule has 32 heavy (non-hydrogen) atoms. The van der Waals surface area contributed by atoms with Gasteiger partial charge < -0.3 is 5.32 Å². The van der Waals surface area contributed by atoms with Gasteiger partial charge in [0.05, 0.1) is 17.8 Å². The number of nitrogens with one attached hydrogen (secondary N) is 1. The highest BCUT2D eigenvalue weighted by atomic mass is 35.5. The summed E-state index contributed by atoms with van der Waals surface area (Å²) in [5.41, 5.74) is -2.01. The van der Waals surface area contributed by atoms with Crippen LogP contribution in [0.15, 0.2) is 52.1 Å². The van der Waals surface area contributed by atoms with Crippen LogP contribution in [0, 0.1) is 6.92 Å². The quantitative estimate of drug-likeness (QED) is 0.626. The number of hydrogen-bond acceptors (Lipinski definition) is 4. The normalized spacial score (nSPS) is 11.4. The van der Waals surface area contributed by atoms with E-state index < -0.39 is 34.6 Å². The number of hydrogen-bond donors (Lipinski definition) is 1. The van der Waals surface area contributed by atoms with Crippen molar-refractivity contribution in [2.75, 3.05) is 6.54 Å². The van der Waals surface area contributed by atoms with Crippen molar-refractivity contribution >= 4 is 17.5 Å². The molecular formula is C21H18ClF3N4O3. The lowest BCUT2D eigenvalue weighted by Crippen LogP contribution is -2.46. The molecule has 168 valence electrons. The van der Waals surface area contributed by atoms with Crippen molar-refractivity contribution in [3.05, 3.63) is 90.7 Å². The fraction of sp³-hybridized carbons (Fsp3) is 0.238. The maximum atomic E-state index is 13.1. The van der Waals surface area contributed by atoms with Gasteiger partial charge in [-0.2, -0.15) is 23.0 Å². The molecule has 0 saturated carbocycles. The molecule has 0 fully saturated rings. The summed E-state index contributed by atoms with van der Waals surface area (Å²) in [5, 5.41) is 6.73. The zero-order chi connectivity index (χ0) is 23.6. The molecule has 1 aromatic heterocycles. The number of carbonyl (C=O) groups excluding carboxylic acids is 1. The fourth-order valence-electron chi connectivity index (χ4n) is 2.90. The molecule has 3 aromatic rings. The summed E-state index contributed by atoms with van der Waals surface area (Å²) in [6.07, 6.45) is -4.52. The minimum atomic E-state index is -4.52. The monoisotopic (exact) mass is 466 g/mol. The van der Waals surface area contributed by atoms with Gasteiger partial charge in [-0.25, -0.2) is 4.79 Å². The minimum absolute atomic E-state index is 0.217. The zero-order valence-electron chi connectivity index (χ0n) is 17.0.